The summed E-state index contributed by atoms with van der Waals surface area (Å²) in [5.41, 5.74) is 2.68. The molecule has 0 saturated carbocycles. The second kappa shape index (κ2) is 9.51. The molecule has 4 rings (SSSR count). The first-order valence-electron chi connectivity index (χ1n) is 10.6. The molecule has 166 valence electrons. The van der Waals surface area contributed by atoms with Crippen LogP contribution >= 0.6 is 0 Å². The van der Waals surface area contributed by atoms with E-state index in [4.69, 9.17) is 9.47 Å². The number of fused-ring (bicyclic) bond motifs is 1. The Morgan fingerprint density at radius 2 is 2.03 bits per heavy atom. The summed E-state index contributed by atoms with van der Waals surface area (Å²) in [4.78, 5) is 28.6. The van der Waals surface area contributed by atoms with E-state index in [0.717, 1.165) is 23.2 Å². The fraction of sp³-hybridized carbons (Fsp3) is 0.304. The lowest BCUT2D eigenvalue weighted by atomic mass is 10.0. The normalized spacial score (nSPS) is 14.9. The van der Waals surface area contributed by atoms with Crippen LogP contribution in [0.3, 0.4) is 0 Å². The number of hydrogen-bond acceptors (Lipinski definition) is 6. The van der Waals surface area contributed by atoms with Gasteiger partial charge in [-0.2, -0.15) is 10.1 Å². The van der Waals surface area contributed by atoms with Gasteiger partial charge in [0.05, 0.1) is 19.1 Å². The summed E-state index contributed by atoms with van der Waals surface area (Å²) >= 11 is 0. The molecule has 32 heavy (non-hydrogen) atoms. The van der Waals surface area contributed by atoms with Crippen molar-refractivity contribution < 1.29 is 19.1 Å². The zero-order valence-electron chi connectivity index (χ0n) is 18.0. The van der Waals surface area contributed by atoms with Gasteiger partial charge in [-0.05, 0) is 42.7 Å². The van der Waals surface area contributed by atoms with E-state index in [1.807, 2.05) is 50.2 Å². The predicted molar refractivity (Wildman–Crippen MR) is 119 cm³/mol. The number of nitrogens with one attached hydrogen (secondary N) is 2. The van der Waals surface area contributed by atoms with E-state index in [-0.39, 0.29) is 30.9 Å². The Morgan fingerprint density at radius 1 is 1.19 bits per heavy atom. The Bertz CT molecular complexity index is 1130. The van der Waals surface area contributed by atoms with Gasteiger partial charge in [0, 0.05) is 5.69 Å². The van der Waals surface area contributed by atoms with Crippen LogP contribution in [0.2, 0.25) is 0 Å². The van der Waals surface area contributed by atoms with Gasteiger partial charge in [-0.25, -0.2) is 4.68 Å². The SMILES string of the molecule is CCOc1cc([C@H]2CC(=O)Nc3ncnn32)ccc1OCC(=O)Nc1ccccc1CC. The summed E-state index contributed by atoms with van der Waals surface area (Å²) in [6.45, 7) is 4.18. The molecular formula is C23H25N5O4. The highest BCUT2D eigenvalue weighted by molar-refractivity contribution is 5.92. The summed E-state index contributed by atoms with van der Waals surface area (Å²) in [6.07, 6.45) is 2.46. The molecule has 1 aliphatic rings. The third-order valence-electron chi connectivity index (χ3n) is 5.18. The zero-order valence-corrected chi connectivity index (χ0v) is 18.0. The van der Waals surface area contributed by atoms with Crippen LogP contribution in [0.15, 0.2) is 48.8 Å². The average molecular weight is 435 g/mol. The highest BCUT2D eigenvalue weighted by atomic mass is 16.5. The molecule has 0 spiro atoms. The van der Waals surface area contributed by atoms with Crippen molar-refractivity contribution in [2.45, 2.75) is 32.7 Å². The molecule has 0 bridgehead atoms. The Hall–Kier alpha value is -3.88. The molecule has 0 unspecified atom stereocenters. The molecule has 0 aliphatic carbocycles. The van der Waals surface area contributed by atoms with Crippen LogP contribution in [-0.4, -0.2) is 39.8 Å². The smallest absolute Gasteiger partial charge is 0.262 e. The monoisotopic (exact) mass is 435 g/mol. The van der Waals surface area contributed by atoms with E-state index < -0.39 is 0 Å². The molecule has 0 radical (unpaired) electrons. The van der Waals surface area contributed by atoms with Gasteiger partial charge in [-0.15, -0.1) is 0 Å². The molecule has 1 aromatic heterocycles. The van der Waals surface area contributed by atoms with Crippen LogP contribution in [0.4, 0.5) is 11.6 Å². The number of ether oxygens (including phenoxy) is 2. The molecular weight excluding hydrogens is 410 g/mol. The molecule has 9 nitrogen and oxygen atoms in total. The van der Waals surface area contributed by atoms with Crippen LogP contribution in [0.5, 0.6) is 11.5 Å². The molecule has 0 fully saturated rings. The number of aryl methyl sites for hydroxylation is 1. The zero-order chi connectivity index (χ0) is 22.5. The maximum Gasteiger partial charge on any atom is 0.262 e. The first-order chi connectivity index (χ1) is 15.6. The van der Waals surface area contributed by atoms with Gasteiger partial charge < -0.3 is 14.8 Å². The third-order valence-corrected chi connectivity index (χ3v) is 5.18. The van der Waals surface area contributed by atoms with Crippen molar-refractivity contribution in [1.82, 2.24) is 14.8 Å². The number of nitrogens with zero attached hydrogens (tertiary/aromatic N) is 3. The van der Waals surface area contributed by atoms with Crippen molar-refractivity contribution in [3.8, 4) is 11.5 Å². The lowest BCUT2D eigenvalue weighted by molar-refractivity contribution is -0.118. The number of para-hydroxylation sites is 1. The standard InChI is InChI=1S/C23H25N5O4/c1-3-15-7-5-6-8-17(15)26-22(30)13-32-19-10-9-16(11-20(19)31-4-2)18-12-21(29)27-23-24-14-25-28(18)23/h5-11,14,18H,3-4,12-13H2,1-2H3,(H,26,30)(H,24,25,27,29)/t18-/m1/s1. The maximum atomic E-state index is 12.4. The summed E-state index contributed by atoms with van der Waals surface area (Å²) < 4.78 is 13.2. The number of amides is 2. The molecule has 0 saturated heterocycles. The Labute approximate surface area is 185 Å². The van der Waals surface area contributed by atoms with Crippen molar-refractivity contribution in [2.24, 2.45) is 0 Å². The maximum absolute atomic E-state index is 12.4. The lowest BCUT2D eigenvalue weighted by Crippen LogP contribution is -2.29. The Morgan fingerprint density at radius 3 is 2.84 bits per heavy atom. The van der Waals surface area contributed by atoms with E-state index in [0.29, 0.717) is 24.1 Å². The van der Waals surface area contributed by atoms with Crippen LogP contribution in [-0.2, 0) is 16.0 Å². The van der Waals surface area contributed by atoms with Crippen LogP contribution in [0, 0.1) is 0 Å². The minimum Gasteiger partial charge on any atom is -0.490 e. The molecule has 2 amide bonds. The van der Waals surface area contributed by atoms with Crippen molar-refractivity contribution in [1.29, 1.82) is 0 Å². The van der Waals surface area contributed by atoms with Crippen LogP contribution in [0.1, 0.15) is 37.4 Å². The number of aromatic nitrogens is 3. The van der Waals surface area contributed by atoms with Crippen molar-refractivity contribution in [3.05, 3.63) is 59.9 Å². The quantitative estimate of drug-likeness (QED) is 0.563. The van der Waals surface area contributed by atoms with Gasteiger partial charge in [-0.3, -0.25) is 14.9 Å². The summed E-state index contributed by atoms with van der Waals surface area (Å²) in [5, 5.41) is 9.82. The van der Waals surface area contributed by atoms with E-state index in [2.05, 4.69) is 20.7 Å². The number of rotatable bonds is 8. The molecule has 9 heteroatoms. The minimum atomic E-state index is -0.302. The van der Waals surface area contributed by atoms with Gasteiger partial charge in [-0.1, -0.05) is 31.2 Å². The van der Waals surface area contributed by atoms with Crippen molar-refractivity contribution in [2.75, 3.05) is 23.8 Å². The topological polar surface area (TPSA) is 107 Å². The van der Waals surface area contributed by atoms with Crippen LogP contribution < -0.4 is 20.1 Å². The molecule has 1 aliphatic heterocycles. The highest BCUT2D eigenvalue weighted by Gasteiger charge is 2.28. The molecule has 2 heterocycles. The number of benzene rings is 2. The Balaban J connectivity index is 1.49. The average Bonchev–Trinajstić information content (AvgIpc) is 3.26. The lowest BCUT2D eigenvalue weighted by Gasteiger charge is -2.24. The van der Waals surface area contributed by atoms with E-state index in [9.17, 15) is 9.59 Å². The largest absolute Gasteiger partial charge is 0.490 e. The van der Waals surface area contributed by atoms with Gasteiger partial charge in [0.15, 0.2) is 18.1 Å². The van der Waals surface area contributed by atoms with Gasteiger partial charge in [0.25, 0.3) is 5.91 Å². The summed E-state index contributed by atoms with van der Waals surface area (Å²) in [7, 11) is 0. The second-order valence-corrected chi connectivity index (χ2v) is 7.28. The molecule has 1 atom stereocenters. The molecule has 2 N–H and O–H groups in total. The number of carbonyl (C=O) groups excluding carboxylic acids is 2. The first-order valence-corrected chi connectivity index (χ1v) is 10.6. The Kier molecular flexibility index (Phi) is 6.34. The van der Waals surface area contributed by atoms with Gasteiger partial charge in [0.1, 0.15) is 6.33 Å². The highest BCUT2D eigenvalue weighted by Crippen LogP contribution is 2.35. The third kappa shape index (κ3) is 4.56. The van der Waals surface area contributed by atoms with E-state index in [1.165, 1.54) is 6.33 Å². The second-order valence-electron chi connectivity index (χ2n) is 7.28. The van der Waals surface area contributed by atoms with E-state index >= 15 is 0 Å². The summed E-state index contributed by atoms with van der Waals surface area (Å²) in [6, 6.07) is 12.8. The van der Waals surface area contributed by atoms with Gasteiger partial charge >= 0.3 is 0 Å². The number of carbonyl (C=O) groups is 2. The molecule has 2 aromatic carbocycles. The van der Waals surface area contributed by atoms with E-state index in [1.54, 1.807) is 10.7 Å². The number of hydrogen-bond donors (Lipinski definition) is 2. The number of anilines is 2. The fourth-order valence-electron chi connectivity index (χ4n) is 3.66. The fourth-order valence-corrected chi connectivity index (χ4v) is 3.66. The predicted octanol–water partition coefficient (Wildman–Crippen LogP) is 3.19. The van der Waals surface area contributed by atoms with Crippen molar-refractivity contribution >= 4 is 23.5 Å². The minimum absolute atomic E-state index is 0.127. The van der Waals surface area contributed by atoms with Gasteiger partial charge in [0.2, 0.25) is 11.9 Å². The first kappa shape index (κ1) is 21.4. The van der Waals surface area contributed by atoms with Crippen molar-refractivity contribution in [3.63, 3.8) is 0 Å². The molecule has 3 aromatic rings. The summed E-state index contributed by atoms with van der Waals surface area (Å²) in [5.74, 6) is 0.980. The van der Waals surface area contributed by atoms with Crippen LogP contribution in [0.25, 0.3) is 0 Å².